The van der Waals surface area contributed by atoms with Gasteiger partial charge < -0.3 is 14.2 Å². The van der Waals surface area contributed by atoms with Crippen LogP contribution in [0.3, 0.4) is 0 Å². The van der Waals surface area contributed by atoms with Gasteiger partial charge in [-0.3, -0.25) is 4.79 Å². The zero-order chi connectivity index (χ0) is 22.3. The summed E-state index contributed by atoms with van der Waals surface area (Å²) in [5.74, 6) is -0.435. The minimum absolute atomic E-state index is 0.00821. The number of H-pyrrole nitrogens is 1. The number of aromatic amines is 1. The van der Waals surface area contributed by atoms with Crippen molar-refractivity contribution >= 4 is 17.3 Å². The minimum Gasteiger partial charge on any atom is -0.370 e. The van der Waals surface area contributed by atoms with E-state index < -0.39 is 29.2 Å². The zero-order valence-electron chi connectivity index (χ0n) is 16.1. The Morgan fingerprint density at radius 3 is 2.74 bits per heavy atom. The van der Waals surface area contributed by atoms with Crippen molar-refractivity contribution in [2.24, 2.45) is 0 Å². The molecule has 164 valence electrons. The number of nitrogens with one attached hydrogen (secondary N) is 1. The molecule has 1 unspecified atom stereocenters. The maximum atomic E-state index is 13.5. The molecule has 0 spiro atoms. The molecule has 0 saturated carbocycles. The number of anilines is 1. The van der Waals surface area contributed by atoms with Gasteiger partial charge in [-0.2, -0.15) is 18.3 Å². The number of alkyl halides is 3. The molecule has 0 radical (unpaired) electrons. The summed E-state index contributed by atoms with van der Waals surface area (Å²) in [6, 6.07) is 2.50. The molecule has 4 rings (SSSR count). The normalized spacial score (nSPS) is 15.1. The maximum Gasteiger partial charge on any atom is 0.416 e. The van der Waals surface area contributed by atoms with Crippen LogP contribution in [0.1, 0.15) is 28.7 Å². The standard InChI is InChI=1S/C19H16ClF4N5O2/c1-31-17(11-3-2-10(21)6-12(11)19(22,23)24)14-7-25-15-9-28(4-5-29(14)15)13-8-26-27-18(30)16(13)20/h2-3,6-8,17H,4-5,9H2,1H3,(H,27,30). The lowest BCUT2D eigenvalue weighted by Gasteiger charge is -2.31. The topological polar surface area (TPSA) is 76.0 Å². The lowest BCUT2D eigenvalue weighted by atomic mass is 9.99. The Labute approximate surface area is 178 Å². The first-order valence-electron chi connectivity index (χ1n) is 9.12. The largest absolute Gasteiger partial charge is 0.416 e. The third kappa shape index (κ3) is 3.90. The summed E-state index contributed by atoms with van der Waals surface area (Å²) in [6.45, 7) is 1.03. The Bertz CT molecular complexity index is 1180. The van der Waals surface area contributed by atoms with Gasteiger partial charge in [0.25, 0.3) is 5.56 Å². The predicted octanol–water partition coefficient (Wildman–Crippen LogP) is 3.53. The van der Waals surface area contributed by atoms with Gasteiger partial charge in [0, 0.05) is 20.2 Å². The SMILES string of the molecule is COC(c1ccc(F)cc1C(F)(F)F)c1cnc2n1CCN(c1cn[nH]c(=O)c1Cl)C2. The second-order valence-corrected chi connectivity index (χ2v) is 7.29. The molecule has 0 amide bonds. The summed E-state index contributed by atoms with van der Waals surface area (Å²) in [4.78, 5) is 17.8. The number of nitrogens with zero attached hydrogens (tertiary/aromatic N) is 4. The van der Waals surface area contributed by atoms with Crippen LogP contribution >= 0.6 is 11.6 Å². The molecule has 3 heterocycles. The molecular formula is C19H16ClF4N5O2. The van der Waals surface area contributed by atoms with E-state index in [0.717, 1.165) is 12.1 Å². The average molecular weight is 458 g/mol. The Hall–Kier alpha value is -2.92. The van der Waals surface area contributed by atoms with E-state index in [1.165, 1.54) is 19.5 Å². The molecule has 0 aliphatic carbocycles. The molecule has 2 aromatic heterocycles. The summed E-state index contributed by atoms with van der Waals surface area (Å²) < 4.78 is 61.2. The summed E-state index contributed by atoms with van der Waals surface area (Å²) in [7, 11) is 1.28. The fraction of sp³-hybridized carbons (Fsp3) is 0.316. The van der Waals surface area contributed by atoms with Crippen LogP contribution in [0.5, 0.6) is 0 Å². The molecule has 0 fully saturated rings. The number of rotatable bonds is 4. The first-order valence-corrected chi connectivity index (χ1v) is 9.50. The highest BCUT2D eigenvalue weighted by molar-refractivity contribution is 6.32. The van der Waals surface area contributed by atoms with Gasteiger partial charge in [0.05, 0.1) is 35.9 Å². The molecular weight excluding hydrogens is 442 g/mol. The van der Waals surface area contributed by atoms with Crippen molar-refractivity contribution < 1.29 is 22.3 Å². The zero-order valence-corrected chi connectivity index (χ0v) is 16.8. The Kier molecular flexibility index (Phi) is 5.48. The molecule has 1 aliphatic rings. The van der Waals surface area contributed by atoms with Gasteiger partial charge in [0.15, 0.2) is 0 Å². The number of ether oxygens (including phenoxy) is 1. The fourth-order valence-corrected chi connectivity index (χ4v) is 3.91. The van der Waals surface area contributed by atoms with E-state index in [1.807, 2.05) is 0 Å². The van der Waals surface area contributed by atoms with E-state index >= 15 is 0 Å². The quantitative estimate of drug-likeness (QED) is 0.607. The third-order valence-electron chi connectivity index (χ3n) is 5.12. The van der Waals surface area contributed by atoms with Crippen LogP contribution in [0.15, 0.2) is 35.4 Å². The van der Waals surface area contributed by atoms with E-state index in [0.29, 0.717) is 36.4 Å². The number of imidazole rings is 1. The highest BCUT2D eigenvalue weighted by Gasteiger charge is 2.37. The van der Waals surface area contributed by atoms with Gasteiger partial charge in [0.2, 0.25) is 0 Å². The Balaban J connectivity index is 1.70. The smallest absolute Gasteiger partial charge is 0.370 e. The van der Waals surface area contributed by atoms with Crippen molar-refractivity contribution in [2.45, 2.75) is 25.4 Å². The van der Waals surface area contributed by atoms with Crippen molar-refractivity contribution in [1.82, 2.24) is 19.7 Å². The van der Waals surface area contributed by atoms with Crippen molar-refractivity contribution in [3.8, 4) is 0 Å². The molecule has 7 nitrogen and oxygen atoms in total. The first kappa shape index (κ1) is 21.3. The highest BCUT2D eigenvalue weighted by atomic mass is 35.5. The van der Waals surface area contributed by atoms with E-state index in [1.54, 1.807) is 9.47 Å². The number of hydrogen-bond donors (Lipinski definition) is 1. The third-order valence-corrected chi connectivity index (χ3v) is 5.49. The van der Waals surface area contributed by atoms with E-state index in [-0.39, 0.29) is 17.1 Å². The summed E-state index contributed by atoms with van der Waals surface area (Å²) in [5.41, 5.74) is -0.993. The number of aromatic nitrogens is 4. The molecule has 1 aliphatic heterocycles. The van der Waals surface area contributed by atoms with Gasteiger partial charge >= 0.3 is 6.18 Å². The van der Waals surface area contributed by atoms with Gasteiger partial charge in [-0.15, -0.1) is 0 Å². The number of hydrogen-bond acceptors (Lipinski definition) is 5. The molecule has 1 aromatic carbocycles. The van der Waals surface area contributed by atoms with Gasteiger partial charge in [-0.25, -0.2) is 14.5 Å². The van der Waals surface area contributed by atoms with E-state index in [9.17, 15) is 22.4 Å². The number of methoxy groups -OCH3 is 1. The molecule has 12 heteroatoms. The van der Waals surface area contributed by atoms with Gasteiger partial charge in [-0.1, -0.05) is 17.7 Å². The minimum atomic E-state index is -4.75. The molecule has 3 aromatic rings. The lowest BCUT2D eigenvalue weighted by molar-refractivity contribution is -0.139. The van der Waals surface area contributed by atoms with Crippen molar-refractivity contribution in [3.63, 3.8) is 0 Å². The molecule has 31 heavy (non-hydrogen) atoms. The van der Waals surface area contributed by atoms with Crippen molar-refractivity contribution in [2.75, 3.05) is 18.6 Å². The van der Waals surface area contributed by atoms with Crippen LogP contribution in [-0.2, 0) is 24.0 Å². The van der Waals surface area contributed by atoms with E-state index in [4.69, 9.17) is 16.3 Å². The van der Waals surface area contributed by atoms with Crippen LogP contribution < -0.4 is 10.5 Å². The Morgan fingerprint density at radius 2 is 2.03 bits per heavy atom. The van der Waals surface area contributed by atoms with Crippen LogP contribution in [0.25, 0.3) is 0 Å². The van der Waals surface area contributed by atoms with Crippen molar-refractivity contribution in [3.05, 3.63) is 74.4 Å². The maximum absolute atomic E-state index is 13.5. The average Bonchev–Trinajstić information content (AvgIpc) is 3.14. The molecule has 0 saturated heterocycles. The second kappa shape index (κ2) is 7.97. The molecule has 0 bridgehead atoms. The summed E-state index contributed by atoms with van der Waals surface area (Å²) in [5, 5.41) is 5.99. The fourth-order valence-electron chi connectivity index (χ4n) is 3.70. The van der Waals surface area contributed by atoms with Crippen molar-refractivity contribution in [1.29, 1.82) is 0 Å². The summed E-state index contributed by atoms with van der Waals surface area (Å²) >= 11 is 6.07. The van der Waals surface area contributed by atoms with Crippen LogP contribution in [0, 0.1) is 5.82 Å². The number of halogens is 5. The first-order chi connectivity index (χ1) is 14.7. The molecule has 1 N–H and O–H groups in total. The molecule has 1 atom stereocenters. The number of benzene rings is 1. The predicted molar refractivity (Wildman–Crippen MR) is 103 cm³/mol. The van der Waals surface area contributed by atoms with Crippen LogP contribution in [0.4, 0.5) is 23.2 Å². The monoisotopic (exact) mass is 457 g/mol. The van der Waals surface area contributed by atoms with Crippen LogP contribution in [-0.4, -0.2) is 33.4 Å². The highest BCUT2D eigenvalue weighted by Crippen LogP contribution is 2.39. The van der Waals surface area contributed by atoms with Gasteiger partial charge in [0.1, 0.15) is 22.8 Å². The van der Waals surface area contributed by atoms with Gasteiger partial charge in [-0.05, 0) is 17.7 Å². The Morgan fingerprint density at radius 1 is 1.26 bits per heavy atom. The number of fused-ring (bicyclic) bond motifs is 1. The second-order valence-electron chi connectivity index (χ2n) is 6.92. The van der Waals surface area contributed by atoms with E-state index in [2.05, 4.69) is 15.2 Å². The lowest BCUT2D eigenvalue weighted by Crippen LogP contribution is -2.36. The van der Waals surface area contributed by atoms with Crippen LogP contribution in [0.2, 0.25) is 5.02 Å². The summed E-state index contributed by atoms with van der Waals surface area (Å²) in [6.07, 6.45) is -2.99.